The second kappa shape index (κ2) is 7.13. The maximum atomic E-state index is 12.4. The summed E-state index contributed by atoms with van der Waals surface area (Å²) in [7, 11) is 0. The summed E-state index contributed by atoms with van der Waals surface area (Å²) >= 11 is 3.95. The van der Waals surface area contributed by atoms with Crippen LogP contribution >= 0.6 is 34.4 Å². The Morgan fingerprint density at radius 1 is 1.25 bits per heavy atom. The van der Waals surface area contributed by atoms with Gasteiger partial charge in [-0.05, 0) is 71.2 Å². The summed E-state index contributed by atoms with van der Waals surface area (Å²) in [6.07, 6.45) is 0. The molecular weight excluding hydrogens is 381 g/mol. The van der Waals surface area contributed by atoms with E-state index < -0.39 is 0 Å². The van der Waals surface area contributed by atoms with E-state index in [-0.39, 0.29) is 5.91 Å². The highest BCUT2D eigenvalue weighted by Gasteiger charge is 2.12. The molecule has 0 saturated heterocycles. The van der Waals surface area contributed by atoms with Crippen LogP contribution in [0.4, 0.5) is 5.69 Å². The molecule has 2 nitrogen and oxygen atoms in total. The van der Waals surface area contributed by atoms with Crippen LogP contribution in [0.15, 0.2) is 47.4 Å². The standard InChI is InChI=1S/C16H16INOS/c1-3-20-15-7-5-4-6-13(15)16(19)18-14-9-8-12(17)10-11(14)2/h4-10H,3H2,1-2H3,(H,18,19). The van der Waals surface area contributed by atoms with Crippen molar-refractivity contribution in [3.63, 3.8) is 0 Å². The van der Waals surface area contributed by atoms with Gasteiger partial charge in [0, 0.05) is 14.2 Å². The van der Waals surface area contributed by atoms with E-state index in [1.807, 2.05) is 43.3 Å². The van der Waals surface area contributed by atoms with Crippen LogP contribution in [0.1, 0.15) is 22.8 Å². The average Bonchev–Trinajstić information content (AvgIpc) is 2.43. The monoisotopic (exact) mass is 397 g/mol. The number of aryl methyl sites for hydroxylation is 1. The van der Waals surface area contributed by atoms with Crippen LogP contribution in [-0.2, 0) is 0 Å². The Morgan fingerprint density at radius 2 is 2.00 bits per heavy atom. The molecule has 0 unspecified atom stereocenters. The molecule has 0 aliphatic carbocycles. The lowest BCUT2D eigenvalue weighted by Crippen LogP contribution is -2.13. The van der Waals surface area contributed by atoms with Gasteiger partial charge in [-0.2, -0.15) is 0 Å². The third kappa shape index (κ3) is 3.76. The van der Waals surface area contributed by atoms with Crippen molar-refractivity contribution >= 4 is 45.9 Å². The number of carbonyl (C=O) groups is 1. The first kappa shape index (κ1) is 15.4. The number of halogens is 1. The minimum absolute atomic E-state index is 0.0501. The number of nitrogens with one attached hydrogen (secondary N) is 1. The Labute approximate surface area is 137 Å². The molecule has 1 amide bonds. The zero-order valence-corrected chi connectivity index (χ0v) is 14.4. The number of hydrogen-bond acceptors (Lipinski definition) is 2. The van der Waals surface area contributed by atoms with Gasteiger partial charge in [0.2, 0.25) is 0 Å². The molecular formula is C16H16INOS. The first-order valence-electron chi connectivity index (χ1n) is 6.41. The molecule has 1 N–H and O–H groups in total. The first-order chi connectivity index (χ1) is 9.61. The number of hydrogen-bond donors (Lipinski definition) is 1. The zero-order chi connectivity index (χ0) is 14.5. The van der Waals surface area contributed by atoms with Gasteiger partial charge in [0.15, 0.2) is 0 Å². The van der Waals surface area contributed by atoms with E-state index in [0.29, 0.717) is 0 Å². The minimum atomic E-state index is -0.0501. The topological polar surface area (TPSA) is 29.1 Å². The van der Waals surface area contributed by atoms with Crippen LogP contribution in [0.5, 0.6) is 0 Å². The zero-order valence-electron chi connectivity index (χ0n) is 11.4. The van der Waals surface area contributed by atoms with E-state index >= 15 is 0 Å². The van der Waals surface area contributed by atoms with Crippen LogP contribution in [0.25, 0.3) is 0 Å². The lowest BCUT2D eigenvalue weighted by molar-refractivity contribution is 0.102. The number of benzene rings is 2. The van der Waals surface area contributed by atoms with Crippen LogP contribution in [0.2, 0.25) is 0 Å². The molecule has 104 valence electrons. The van der Waals surface area contributed by atoms with Gasteiger partial charge in [-0.1, -0.05) is 19.1 Å². The Kier molecular flexibility index (Phi) is 5.48. The molecule has 0 bridgehead atoms. The highest BCUT2D eigenvalue weighted by atomic mass is 127. The fourth-order valence-corrected chi connectivity index (χ4v) is 3.34. The van der Waals surface area contributed by atoms with E-state index in [9.17, 15) is 4.79 Å². The molecule has 0 aliphatic rings. The van der Waals surface area contributed by atoms with E-state index in [0.717, 1.165) is 27.5 Å². The lowest BCUT2D eigenvalue weighted by Gasteiger charge is -2.11. The fraction of sp³-hybridized carbons (Fsp3) is 0.188. The number of thioether (sulfide) groups is 1. The molecule has 0 saturated carbocycles. The van der Waals surface area contributed by atoms with Gasteiger partial charge in [-0.3, -0.25) is 4.79 Å². The normalized spacial score (nSPS) is 10.3. The number of carbonyl (C=O) groups excluding carboxylic acids is 1. The molecule has 4 heteroatoms. The van der Waals surface area contributed by atoms with Gasteiger partial charge in [0.1, 0.15) is 0 Å². The van der Waals surface area contributed by atoms with Crippen molar-refractivity contribution < 1.29 is 4.79 Å². The molecule has 20 heavy (non-hydrogen) atoms. The van der Waals surface area contributed by atoms with E-state index in [2.05, 4.69) is 40.9 Å². The second-order valence-corrected chi connectivity index (χ2v) is 6.89. The van der Waals surface area contributed by atoms with Gasteiger partial charge in [-0.25, -0.2) is 0 Å². The van der Waals surface area contributed by atoms with Crippen molar-refractivity contribution in [2.24, 2.45) is 0 Å². The van der Waals surface area contributed by atoms with Crippen LogP contribution in [0, 0.1) is 10.5 Å². The van der Waals surface area contributed by atoms with Gasteiger partial charge >= 0.3 is 0 Å². The number of amides is 1. The van der Waals surface area contributed by atoms with Crippen molar-refractivity contribution in [3.8, 4) is 0 Å². The van der Waals surface area contributed by atoms with Crippen molar-refractivity contribution in [1.29, 1.82) is 0 Å². The predicted molar refractivity (Wildman–Crippen MR) is 94.7 cm³/mol. The molecule has 0 fully saturated rings. The molecule has 2 aromatic carbocycles. The Hall–Kier alpha value is -1.01. The fourth-order valence-electron chi connectivity index (χ4n) is 1.89. The highest BCUT2D eigenvalue weighted by molar-refractivity contribution is 14.1. The Balaban J connectivity index is 2.24. The van der Waals surface area contributed by atoms with Crippen molar-refractivity contribution in [3.05, 3.63) is 57.2 Å². The second-order valence-electron chi connectivity index (χ2n) is 4.34. The van der Waals surface area contributed by atoms with E-state index in [4.69, 9.17) is 0 Å². The van der Waals surface area contributed by atoms with Crippen molar-refractivity contribution in [2.45, 2.75) is 18.7 Å². The molecule has 0 heterocycles. The van der Waals surface area contributed by atoms with Gasteiger partial charge in [0.05, 0.1) is 5.56 Å². The largest absolute Gasteiger partial charge is 0.322 e. The summed E-state index contributed by atoms with van der Waals surface area (Å²) in [6.45, 7) is 4.09. The van der Waals surface area contributed by atoms with Gasteiger partial charge in [0.25, 0.3) is 5.91 Å². The summed E-state index contributed by atoms with van der Waals surface area (Å²) in [6, 6.07) is 13.7. The van der Waals surface area contributed by atoms with Gasteiger partial charge in [-0.15, -0.1) is 11.8 Å². The van der Waals surface area contributed by atoms with Gasteiger partial charge < -0.3 is 5.32 Å². The minimum Gasteiger partial charge on any atom is -0.322 e. The number of anilines is 1. The van der Waals surface area contributed by atoms with E-state index in [1.54, 1.807) is 11.8 Å². The lowest BCUT2D eigenvalue weighted by atomic mass is 10.1. The molecule has 0 atom stereocenters. The van der Waals surface area contributed by atoms with Crippen molar-refractivity contribution in [2.75, 3.05) is 11.1 Å². The van der Waals surface area contributed by atoms with Crippen molar-refractivity contribution in [1.82, 2.24) is 0 Å². The van der Waals surface area contributed by atoms with Crippen LogP contribution in [-0.4, -0.2) is 11.7 Å². The summed E-state index contributed by atoms with van der Waals surface area (Å²) in [5.41, 5.74) is 2.68. The quantitative estimate of drug-likeness (QED) is 0.584. The third-order valence-electron chi connectivity index (χ3n) is 2.87. The van der Waals surface area contributed by atoms with E-state index in [1.165, 1.54) is 3.57 Å². The summed E-state index contributed by atoms with van der Waals surface area (Å²) in [4.78, 5) is 13.4. The highest BCUT2D eigenvalue weighted by Crippen LogP contribution is 2.24. The number of rotatable bonds is 4. The maximum Gasteiger partial charge on any atom is 0.256 e. The smallest absolute Gasteiger partial charge is 0.256 e. The average molecular weight is 397 g/mol. The molecule has 2 rings (SSSR count). The molecule has 2 aromatic rings. The molecule has 0 aliphatic heterocycles. The van der Waals surface area contributed by atoms with Crippen LogP contribution < -0.4 is 5.32 Å². The Morgan fingerprint density at radius 3 is 2.70 bits per heavy atom. The SMILES string of the molecule is CCSc1ccccc1C(=O)Nc1ccc(I)cc1C. The summed E-state index contributed by atoms with van der Waals surface area (Å²) in [5.74, 6) is 0.901. The maximum absolute atomic E-state index is 12.4. The Bertz CT molecular complexity index is 628. The molecule has 0 radical (unpaired) electrons. The predicted octanol–water partition coefficient (Wildman–Crippen LogP) is 4.96. The van der Waals surface area contributed by atoms with Crippen LogP contribution in [0.3, 0.4) is 0 Å². The summed E-state index contributed by atoms with van der Waals surface area (Å²) in [5, 5.41) is 3.00. The molecule has 0 aromatic heterocycles. The molecule has 0 spiro atoms. The first-order valence-corrected chi connectivity index (χ1v) is 8.47. The summed E-state index contributed by atoms with van der Waals surface area (Å²) < 4.78 is 1.17. The third-order valence-corrected chi connectivity index (χ3v) is 4.49.